The number of allylic oxidation sites excluding steroid dienone is 2. The Kier molecular flexibility index (Phi) is 50.1. The molecule has 0 aliphatic rings. The Hall–Kier alpha value is -1.40. The van der Waals surface area contributed by atoms with Crippen LogP contribution in [0.4, 0.5) is 0 Å². The van der Waals surface area contributed by atoms with Crippen molar-refractivity contribution in [2.24, 2.45) is 0 Å². The van der Waals surface area contributed by atoms with Crippen LogP contribution in [0.25, 0.3) is 0 Å². The number of carbonyl (C=O) groups excluding carboxylic acids is 2. The zero-order chi connectivity index (χ0) is 44.4. The second kappa shape index (κ2) is 51.2. The third-order valence-electron chi connectivity index (χ3n) is 12.8. The van der Waals surface area contributed by atoms with Crippen molar-refractivity contribution < 1.29 is 24.5 Å². The number of esters is 1. The molecule has 0 aliphatic carbocycles. The maximum absolute atomic E-state index is 12.4. The molecule has 0 heterocycles. The van der Waals surface area contributed by atoms with E-state index < -0.39 is 12.1 Å². The van der Waals surface area contributed by atoms with Crippen LogP contribution in [-0.4, -0.2) is 47.4 Å². The molecule has 2 unspecified atom stereocenters. The van der Waals surface area contributed by atoms with E-state index in [-0.39, 0.29) is 18.5 Å². The van der Waals surface area contributed by atoms with Crippen LogP contribution in [0.2, 0.25) is 0 Å². The SMILES string of the molecule is CCCCCCCCCCCCCCCCCCC(=O)OCCCCCCCCC/C=C\CCCCCCCC(=O)NC(CO)C(O)CCCCCCCCCCCCCC. The molecule has 1 amide bonds. The van der Waals surface area contributed by atoms with E-state index in [9.17, 15) is 19.8 Å². The van der Waals surface area contributed by atoms with Gasteiger partial charge in [-0.15, -0.1) is 0 Å². The molecule has 0 aromatic rings. The van der Waals surface area contributed by atoms with Crippen molar-refractivity contribution >= 4 is 11.9 Å². The van der Waals surface area contributed by atoms with Crippen molar-refractivity contribution in [2.75, 3.05) is 13.2 Å². The molecule has 0 rings (SSSR count). The van der Waals surface area contributed by atoms with Gasteiger partial charge in [0.2, 0.25) is 5.91 Å². The molecule has 0 aliphatic heterocycles. The fourth-order valence-corrected chi connectivity index (χ4v) is 8.58. The van der Waals surface area contributed by atoms with Crippen LogP contribution in [0.1, 0.15) is 303 Å². The van der Waals surface area contributed by atoms with Crippen LogP contribution in [0.15, 0.2) is 12.2 Å². The van der Waals surface area contributed by atoms with Crippen molar-refractivity contribution in [2.45, 2.75) is 315 Å². The molecular formula is C55H107NO5. The molecule has 0 fully saturated rings. The van der Waals surface area contributed by atoms with Gasteiger partial charge in [-0.2, -0.15) is 0 Å². The van der Waals surface area contributed by atoms with E-state index in [1.54, 1.807) is 0 Å². The largest absolute Gasteiger partial charge is 0.466 e. The monoisotopic (exact) mass is 862 g/mol. The molecule has 6 nitrogen and oxygen atoms in total. The summed E-state index contributed by atoms with van der Waals surface area (Å²) in [5, 5.41) is 23.2. The predicted octanol–water partition coefficient (Wildman–Crippen LogP) is 16.5. The second-order valence-electron chi connectivity index (χ2n) is 18.9. The lowest BCUT2D eigenvalue weighted by atomic mass is 10.0. The summed E-state index contributed by atoms with van der Waals surface area (Å²) >= 11 is 0. The topological polar surface area (TPSA) is 95.9 Å². The van der Waals surface area contributed by atoms with Gasteiger partial charge in [0.25, 0.3) is 0 Å². The van der Waals surface area contributed by atoms with Crippen molar-refractivity contribution in [3.63, 3.8) is 0 Å². The summed E-state index contributed by atoms with van der Waals surface area (Å²) in [4.78, 5) is 24.5. The number of hydrogen-bond donors (Lipinski definition) is 3. The second-order valence-corrected chi connectivity index (χ2v) is 18.9. The lowest BCUT2D eigenvalue weighted by Gasteiger charge is -2.22. The molecular weight excluding hydrogens is 755 g/mol. The Morgan fingerprint density at radius 3 is 1.16 bits per heavy atom. The number of nitrogens with one attached hydrogen (secondary N) is 1. The number of ether oxygens (including phenoxy) is 1. The van der Waals surface area contributed by atoms with Gasteiger partial charge < -0.3 is 20.3 Å². The number of carbonyl (C=O) groups is 2. The highest BCUT2D eigenvalue weighted by molar-refractivity contribution is 5.76. The first kappa shape index (κ1) is 59.6. The van der Waals surface area contributed by atoms with Crippen LogP contribution in [-0.2, 0) is 14.3 Å². The van der Waals surface area contributed by atoms with E-state index in [0.29, 0.717) is 25.9 Å². The van der Waals surface area contributed by atoms with Crippen LogP contribution in [0, 0.1) is 0 Å². The summed E-state index contributed by atoms with van der Waals surface area (Å²) in [6.45, 7) is 4.94. The number of amides is 1. The van der Waals surface area contributed by atoms with Gasteiger partial charge in [0.1, 0.15) is 0 Å². The Balaban J connectivity index is 3.43. The maximum Gasteiger partial charge on any atom is 0.305 e. The summed E-state index contributed by atoms with van der Waals surface area (Å²) in [6.07, 6.45) is 59.1. The lowest BCUT2D eigenvalue weighted by molar-refractivity contribution is -0.143. The maximum atomic E-state index is 12.4. The molecule has 0 aromatic heterocycles. The smallest absolute Gasteiger partial charge is 0.305 e. The van der Waals surface area contributed by atoms with Crippen LogP contribution in [0.3, 0.4) is 0 Å². The van der Waals surface area contributed by atoms with Crippen LogP contribution >= 0.6 is 0 Å². The Labute approximate surface area is 380 Å². The quantitative estimate of drug-likeness (QED) is 0.0322. The minimum absolute atomic E-state index is 0.000839. The van der Waals surface area contributed by atoms with E-state index in [4.69, 9.17) is 4.74 Å². The molecule has 61 heavy (non-hydrogen) atoms. The lowest BCUT2D eigenvalue weighted by Crippen LogP contribution is -2.45. The number of aliphatic hydroxyl groups excluding tert-OH is 2. The summed E-state index contributed by atoms with van der Waals surface area (Å²) in [7, 11) is 0. The van der Waals surface area contributed by atoms with Gasteiger partial charge in [-0.3, -0.25) is 9.59 Å². The zero-order valence-corrected chi connectivity index (χ0v) is 41.2. The third-order valence-corrected chi connectivity index (χ3v) is 12.8. The van der Waals surface area contributed by atoms with Gasteiger partial charge >= 0.3 is 5.97 Å². The Bertz CT molecular complexity index is 909. The minimum Gasteiger partial charge on any atom is -0.466 e. The van der Waals surface area contributed by atoms with E-state index >= 15 is 0 Å². The number of unbranched alkanes of at least 4 members (excludes halogenated alkanes) is 38. The fraction of sp³-hybridized carbons (Fsp3) is 0.927. The van der Waals surface area contributed by atoms with Gasteiger partial charge in [-0.1, -0.05) is 251 Å². The summed E-state index contributed by atoms with van der Waals surface area (Å²) in [5.41, 5.74) is 0. The minimum atomic E-state index is -0.672. The van der Waals surface area contributed by atoms with E-state index in [0.717, 1.165) is 64.2 Å². The average molecular weight is 862 g/mol. The van der Waals surface area contributed by atoms with E-state index in [1.807, 2.05) is 0 Å². The van der Waals surface area contributed by atoms with Crippen LogP contribution in [0.5, 0.6) is 0 Å². The van der Waals surface area contributed by atoms with E-state index in [2.05, 4.69) is 31.3 Å². The molecule has 0 radical (unpaired) electrons. The van der Waals surface area contributed by atoms with Gasteiger partial charge in [-0.25, -0.2) is 0 Å². The highest BCUT2D eigenvalue weighted by Gasteiger charge is 2.20. The molecule has 0 bridgehead atoms. The molecule has 0 aromatic carbocycles. The first-order valence-electron chi connectivity index (χ1n) is 27.4. The summed E-state index contributed by atoms with van der Waals surface area (Å²) < 4.78 is 5.47. The third kappa shape index (κ3) is 47.9. The number of rotatable bonds is 51. The van der Waals surface area contributed by atoms with Gasteiger partial charge in [-0.05, 0) is 51.4 Å². The van der Waals surface area contributed by atoms with Crippen molar-refractivity contribution in [1.82, 2.24) is 5.32 Å². The molecule has 0 saturated heterocycles. The average Bonchev–Trinajstić information content (AvgIpc) is 3.26. The molecule has 3 N–H and O–H groups in total. The normalized spacial score (nSPS) is 12.7. The summed E-state index contributed by atoms with van der Waals surface area (Å²) in [5.74, 6) is -0.0508. The number of aliphatic hydroxyl groups is 2. The molecule has 2 atom stereocenters. The first-order valence-corrected chi connectivity index (χ1v) is 27.4. The van der Waals surface area contributed by atoms with Gasteiger partial charge in [0.05, 0.1) is 25.4 Å². The fourth-order valence-electron chi connectivity index (χ4n) is 8.58. The Morgan fingerprint density at radius 1 is 0.443 bits per heavy atom. The number of hydrogen-bond acceptors (Lipinski definition) is 5. The highest BCUT2D eigenvalue weighted by atomic mass is 16.5. The first-order chi connectivity index (χ1) is 30.0. The standard InChI is InChI=1S/C55H107NO5/c1-3-5-7-9-11-13-15-17-18-22-25-29-33-37-41-45-49-55(60)61-50-46-42-38-34-30-26-23-20-19-21-24-28-32-36-40-44-48-54(59)56-52(51-57)53(58)47-43-39-35-31-27-16-14-12-10-8-6-4-2/h19,21,52-53,57-58H,3-18,20,22-51H2,1-2H3,(H,56,59)/b21-19-. The zero-order valence-electron chi connectivity index (χ0n) is 41.2. The molecule has 0 spiro atoms. The highest BCUT2D eigenvalue weighted by Crippen LogP contribution is 2.17. The van der Waals surface area contributed by atoms with Crippen molar-refractivity contribution in [3.8, 4) is 0 Å². The molecule has 362 valence electrons. The van der Waals surface area contributed by atoms with Crippen molar-refractivity contribution in [1.29, 1.82) is 0 Å². The van der Waals surface area contributed by atoms with Gasteiger partial charge in [0.15, 0.2) is 0 Å². The van der Waals surface area contributed by atoms with E-state index in [1.165, 1.54) is 205 Å². The Morgan fingerprint density at radius 2 is 0.770 bits per heavy atom. The summed E-state index contributed by atoms with van der Waals surface area (Å²) in [6, 6.07) is -0.551. The molecule has 6 heteroatoms. The van der Waals surface area contributed by atoms with Crippen molar-refractivity contribution in [3.05, 3.63) is 12.2 Å². The predicted molar refractivity (Wildman–Crippen MR) is 264 cm³/mol. The van der Waals surface area contributed by atoms with Gasteiger partial charge in [0, 0.05) is 12.8 Å². The molecule has 0 saturated carbocycles. The van der Waals surface area contributed by atoms with Crippen LogP contribution < -0.4 is 5.32 Å².